The number of aromatic nitrogens is 1. The number of primary amides is 1. The summed E-state index contributed by atoms with van der Waals surface area (Å²) < 4.78 is 46.6. The zero-order chi connectivity index (χ0) is 27.6. The molecule has 10 heteroatoms. The first-order valence-electron chi connectivity index (χ1n) is 11.7. The van der Waals surface area contributed by atoms with Crippen molar-refractivity contribution in [3.8, 4) is 27.3 Å². The molecule has 1 amide bonds. The predicted octanol–water partition coefficient (Wildman–Crippen LogP) is 6.38. The summed E-state index contributed by atoms with van der Waals surface area (Å²) in [6.07, 6.45) is -3.89. The van der Waals surface area contributed by atoms with E-state index in [0.717, 1.165) is 23.1 Å². The first kappa shape index (κ1) is 27.2. The van der Waals surface area contributed by atoms with Gasteiger partial charge in [0.25, 0.3) is 5.91 Å². The van der Waals surface area contributed by atoms with Crippen LogP contribution in [0, 0.1) is 0 Å². The van der Waals surface area contributed by atoms with E-state index in [9.17, 15) is 18.0 Å². The smallest absolute Gasteiger partial charge is 0.416 e. The number of hydrogen-bond acceptors (Lipinski definition) is 6. The summed E-state index contributed by atoms with van der Waals surface area (Å²) in [4.78, 5) is 20.8. The van der Waals surface area contributed by atoms with E-state index in [2.05, 4.69) is 16.0 Å². The molecule has 6 nitrogen and oxygen atoms in total. The van der Waals surface area contributed by atoms with Crippen LogP contribution < -0.4 is 16.2 Å². The molecule has 0 aliphatic heterocycles. The van der Waals surface area contributed by atoms with Gasteiger partial charge in [0.05, 0.1) is 11.1 Å². The van der Waals surface area contributed by atoms with Gasteiger partial charge in [-0.05, 0) is 63.0 Å². The molecule has 0 radical (unpaired) electrons. The van der Waals surface area contributed by atoms with Crippen LogP contribution >= 0.6 is 11.3 Å². The Morgan fingerprint density at radius 3 is 2.50 bits per heavy atom. The fourth-order valence-electron chi connectivity index (χ4n) is 4.13. The number of nitrogens with two attached hydrogens (primary N) is 2. The molecule has 0 bridgehead atoms. The number of thiophene rings is 1. The highest BCUT2D eigenvalue weighted by molar-refractivity contribution is 7.15. The van der Waals surface area contributed by atoms with Gasteiger partial charge in [0, 0.05) is 39.2 Å². The summed E-state index contributed by atoms with van der Waals surface area (Å²) in [5, 5.41) is 0. The fraction of sp³-hybridized carbons (Fsp3) is 0.214. The largest absolute Gasteiger partial charge is 0.485 e. The Hall–Kier alpha value is -3.89. The second-order valence-electron chi connectivity index (χ2n) is 9.08. The number of benzene rings is 2. The molecule has 4 rings (SSSR count). The Balaban J connectivity index is 1.72. The molecule has 1 atom stereocenters. The average Bonchev–Trinajstić information content (AvgIpc) is 3.31. The van der Waals surface area contributed by atoms with Gasteiger partial charge in [-0.1, -0.05) is 24.3 Å². The molecule has 2 aromatic carbocycles. The molecule has 0 spiro atoms. The van der Waals surface area contributed by atoms with Crippen molar-refractivity contribution >= 4 is 23.1 Å². The van der Waals surface area contributed by atoms with Gasteiger partial charge in [0.1, 0.15) is 17.7 Å². The molecule has 0 saturated heterocycles. The van der Waals surface area contributed by atoms with Gasteiger partial charge in [-0.2, -0.15) is 13.2 Å². The van der Waals surface area contributed by atoms with Crippen molar-refractivity contribution in [3.05, 3.63) is 88.4 Å². The van der Waals surface area contributed by atoms with E-state index in [-0.39, 0.29) is 22.7 Å². The summed E-state index contributed by atoms with van der Waals surface area (Å²) in [6, 6.07) is 15.8. The number of nitrogen functional groups attached to an aromatic ring is 1. The van der Waals surface area contributed by atoms with E-state index >= 15 is 0 Å². The molecule has 4 aromatic rings. The Labute approximate surface area is 222 Å². The van der Waals surface area contributed by atoms with E-state index in [0.29, 0.717) is 11.1 Å². The van der Waals surface area contributed by atoms with Gasteiger partial charge < -0.3 is 21.1 Å². The SMILES string of the molecule is CC(Oc1cc(-c2cc(-c3ccc(CN(C)C)s3)cnc2N)ccc1C(N)=O)c1ccccc1C(F)(F)F. The number of amides is 1. The third-order valence-corrected chi connectivity index (χ3v) is 7.02. The van der Waals surface area contributed by atoms with Crippen LogP contribution in [0.25, 0.3) is 21.6 Å². The number of anilines is 1. The standard InChI is InChI=1S/C28H27F3N4O2S/c1-16(20-6-4-5-7-23(20)28(29,30)31)37-24-13-17(8-10-21(24)27(33)36)22-12-18(14-34-26(22)32)25-11-9-19(38-25)15-35(2)3/h4-14,16H,15H2,1-3H3,(H2,32,34)(H2,33,36). The van der Waals surface area contributed by atoms with E-state index in [1.807, 2.05) is 26.2 Å². The van der Waals surface area contributed by atoms with Crippen LogP contribution in [-0.4, -0.2) is 29.9 Å². The molecule has 0 saturated carbocycles. The maximum Gasteiger partial charge on any atom is 0.416 e. The van der Waals surface area contributed by atoms with Crippen molar-refractivity contribution < 1.29 is 22.7 Å². The van der Waals surface area contributed by atoms with E-state index in [1.165, 1.54) is 36.1 Å². The van der Waals surface area contributed by atoms with Gasteiger partial charge in [-0.25, -0.2) is 4.98 Å². The topological polar surface area (TPSA) is 94.5 Å². The van der Waals surface area contributed by atoms with E-state index in [4.69, 9.17) is 16.2 Å². The van der Waals surface area contributed by atoms with Crippen LogP contribution in [0.15, 0.2) is 66.9 Å². The van der Waals surface area contributed by atoms with Gasteiger partial charge >= 0.3 is 6.18 Å². The zero-order valence-corrected chi connectivity index (χ0v) is 21.9. The number of hydrogen-bond donors (Lipinski definition) is 2. The number of nitrogens with zero attached hydrogens (tertiary/aromatic N) is 2. The summed E-state index contributed by atoms with van der Waals surface area (Å²) in [6.45, 7) is 2.30. The molecule has 0 aliphatic rings. The monoisotopic (exact) mass is 540 g/mol. The highest BCUT2D eigenvalue weighted by Crippen LogP contribution is 2.39. The second kappa shape index (κ2) is 10.8. The second-order valence-corrected chi connectivity index (χ2v) is 10.2. The van der Waals surface area contributed by atoms with Crippen molar-refractivity contribution in [3.63, 3.8) is 0 Å². The number of alkyl halides is 3. The van der Waals surface area contributed by atoms with Crippen LogP contribution in [0.5, 0.6) is 5.75 Å². The third-order valence-electron chi connectivity index (χ3n) is 5.90. The van der Waals surface area contributed by atoms with Crippen molar-refractivity contribution in [1.82, 2.24) is 9.88 Å². The summed E-state index contributed by atoms with van der Waals surface area (Å²) in [5.41, 5.74) is 13.0. The molecule has 38 heavy (non-hydrogen) atoms. The van der Waals surface area contributed by atoms with Gasteiger partial charge in [-0.3, -0.25) is 4.79 Å². The van der Waals surface area contributed by atoms with Gasteiger partial charge in [-0.15, -0.1) is 11.3 Å². The maximum absolute atomic E-state index is 13.6. The third kappa shape index (κ3) is 5.98. The molecule has 4 N–H and O–H groups in total. The quantitative estimate of drug-likeness (QED) is 0.271. The lowest BCUT2D eigenvalue weighted by Crippen LogP contribution is -2.17. The van der Waals surface area contributed by atoms with Crippen molar-refractivity contribution in [2.45, 2.75) is 25.7 Å². The van der Waals surface area contributed by atoms with Crippen molar-refractivity contribution in [2.24, 2.45) is 5.73 Å². The highest BCUT2D eigenvalue weighted by Gasteiger charge is 2.34. The maximum atomic E-state index is 13.6. The predicted molar refractivity (Wildman–Crippen MR) is 144 cm³/mol. The lowest BCUT2D eigenvalue weighted by molar-refractivity contribution is -0.139. The van der Waals surface area contributed by atoms with Crippen molar-refractivity contribution in [1.29, 1.82) is 0 Å². The van der Waals surface area contributed by atoms with Crippen LogP contribution in [0.3, 0.4) is 0 Å². The molecule has 0 fully saturated rings. The first-order chi connectivity index (χ1) is 17.9. The molecule has 2 aromatic heterocycles. The minimum Gasteiger partial charge on any atom is -0.485 e. The van der Waals surface area contributed by atoms with Gasteiger partial charge in [0.15, 0.2) is 0 Å². The number of halogens is 3. The zero-order valence-electron chi connectivity index (χ0n) is 21.0. The molecule has 1 unspecified atom stereocenters. The molecular formula is C28H27F3N4O2S. The van der Waals surface area contributed by atoms with E-state index < -0.39 is 23.8 Å². The number of rotatable bonds is 8. The van der Waals surface area contributed by atoms with Crippen LogP contribution in [0.2, 0.25) is 0 Å². The Morgan fingerprint density at radius 1 is 1.08 bits per heavy atom. The lowest BCUT2D eigenvalue weighted by Gasteiger charge is -2.21. The summed E-state index contributed by atoms with van der Waals surface area (Å²) >= 11 is 1.64. The summed E-state index contributed by atoms with van der Waals surface area (Å²) in [5.74, 6) is -0.463. The number of carbonyl (C=O) groups is 1. The average molecular weight is 541 g/mol. The Bertz CT molecular complexity index is 1470. The van der Waals surface area contributed by atoms with Crippen LogP contribution in [-0.2, 0) is 12.7 Å². The molecule has 198 valence electrons. The van der Waals surface area contributed by atoms with E-state index in [1.54, 1.807) is 29.7 Å². The van der Waals surface area contributed by atoms with Crippen LogP contribution in [0.1, 0.15) is 39.4 Å². The number of carbonyl (C=O) groups excluding carboxylic acids is 1. The molecule has 2 heterocycles. The minimum atomic E-state index is -4.56. The Morgan fingerprint density at radius 2 is 1.82 bits per heavy atom. The Kier molecular flexibility index (Phi) is 7.75. The molecular weight excluding hydrogens is 513 g/mol. The normalized spacial score (nSPS) is 12.5. The van der Waals surface area contributed by atoms with Crippen LogP contribution in [0.4, 0.5) is 19.0 Å². The fourth-order valence-corrected chi connectivity index (χ4v) is 5.23. The first-order valence-corrected chi connectivity index (χ1v) is 12.5. The number of ether oxygens (including phenoxy) is 1. The van der Waals surface area contributed by atoms with Gasteiger partial charge in [0.2, 0.25) is 0 Å². The lowest BCUT2D eigenvalue weighted by atomic mass is 10.0. The van der Waals surface area contributed by atoms with Crippen molar-refractivity contribution in [2.75, 3.05) is 19.8 Å². The highest BCUT2D eigenvalue weighted by atomic mass is 32.1. The molecule has 0 aliphatic carbocycles. The number of pyridine rings is 1. The summed E-state index contributed by atoms with van der Waals surface area (Å²) in [7, 11) is 4.00. The minimum absolute atomic E-state index is 0.0411.